The molecule has 2 aromatic heterocycles. The van der Waals surface area contributed by atoms with E-state index < -0.39 is 0 Å². The molecular weight excluding hydrogens is 356 g/mol. The highest BCUT2D eigenvalue weighted by atomic mass is 16.5. The number of nitrogens with zero attached hydrogens (tertiary/aromatic N) is 2. The van der Waals surface area contributed by atoms with Gasteiger partial charge in [-0.2, -0.15) is 0 Å². The van der Waals surface area contributed by atoms with E-state index in [4.69, 9.17) is 9.47 Å². The number of aromatic nitrogens is 2. The number of amides is 1. The average Bonchev–Trinajstić information content (AvgIpc) is 2.76. The summed E-state index contributed by atoms with van der Waals surface area (Å²) < 4.78 is 10.5. The van der Waals surface area contributed by atoms with Crippen LogP contribution in [0.5, 0.6) is 11.5 Å². The SMILES string of the molecule is COc1ccc(CNC(=O)c2ccnc(NCc3ccncc3)c2)cc1OC. The maximum absolute atomic E-state index is 12.5. The van der Waals surface area contributed by atoms with E-state index in [9.17, 15) is 4.79 Å². The molecule has 7 heteroatoms. The van der Waals surface area contributed by atoms with Crippen LogP contribution in [0, 0.1) is 0 Å². The minimum atomic E-state index is -0.177. The summed E-state index contributed by atoms with van der Waals surface area (Å²) in [5.41, 5.74) is 2.53. The molecule has 3 aromatic rings. The lowest BCUT2D eigenvalue weighted by atomic mass is 10.2. The first-order chi connectivity index (χ1) is 13.7. The molecule has 1 aromatic carbocycles. The van der Waals surface area contributed by atoms with Crippen LogP contribution in [0.1, 0.15) is 21.5 Å². The Labute approximate surface area is 163 Å². The van der Waals surface area contributed by atoms with Gasteiger partial charge < -0.3 is 20.1 Å². The van der Waals surface area contributed by atoms with E-state index >= 15 is 0 Å². The number of ether oxygens (including phenoxy) is 2. The first kappa shape index (κ1) is 19.2. The van der Waals surface area contributed by atoms with Crippen molar-refractivity contribution in [3.05, 3.63) is 77.7 Å². The van der Waals surface area contributed by atoms with Crippen LogP contribution in [0.3, 0.4) is 0 Å². The summed E-state index contributed by atoms with van der Waals surface area (Å²) in [4.78, 5) is 20.7. The minimum Gasteiger partial charge on any atom is -0.493 e. The summed E-state index contributed by atoms with van der Waals surface area (Å²) in [5, 5.41) is 6.11. The van der Waals surface area contributed by atoms with Crippen LogP contribution in [0.2, 0.25) is 0 Å². The number of hydrogen-bond donors (Lipinski definition) is 2. The summed E-state index contributed by atoms with van der Waals surface area (Å²) in [7, 11) is 3.17. The van der Waals surface area contributed by atoms with Crippen molar-refractivity contribution in [1.82, 2.24) is 15.3 Å². The number of benzene rings is 1. The highest BCUT2D eigenvalue weighted by Crippen LogP contribution is 2.27. The lowest BCUT2D eigenvalue weighted by Gasteiger charge is -2.11. The van der Waals surface area contributed by atoms with Crippen LogP contribution < -0.4 is 20.1 Å². The number of pyridine rings is 2. The quantitative estimate of drug-likeness (QED) is 0.627. The van der Waals surface area contributed by atoms with E-state index in [1.807, 2.05) is 30.3 Å². The first-order valence-corrected chi connectivity index (χ1v) is 8.77. The summed E-state index contributed by atoms with van der Waals surface area (Å²) in [6.45, 7) is 0.980. The highest BCUT2D eigenvalue weighted by Gasteiger charge is 2.09. The molecule has 144 valence electrons. The van der Waals surface area contributed by atoms with Crippen molar-refractivity contribution in [2.75, 3.05) is 19.5 Å². The third-order valence-corrected chi connectivity index (χ3v) is 4.15. The van der Waals surface area contributed by atoms with Crippen molar-refractivity contribution < 1.29 is 14.3 Å². The predicted molar refractivity (Wildman–Crippen MR) is 107 cm³/mol. The number of anilines is 1. The molecule has 0 aliphatic heterocycles. The van der Waals surface area contributed by atoms with E-state index in [0.29, 0.717) is 36.0 Å². The Hall–Kier alpha value is -3.61. The van der Waals surface area contributed by atoms with Gasteiger partial charge in [0.1, 0.15) is 5.82 Å². The summed E-state index contributed by atoms with van der Waals surface area (Å²) in [5.74, 6) is 1.73. The van der Waals surface area contributed by atoms with E-state index in [1.54, 1.807) is 44.9 Å². The molecule has 28 heavy (non-hydrogen) atoms. The normalized spacial score (nSPS) is 10.2. The van der Waals surface area contributed by atoms with Gasteiger partial charge in [-0.1, -0.05) is 6.07 Å². The van der Waals surface area contributed by atoms with Crippen LogP contribution >= 0.6 is 0 Å². The second-order valence-corrected chi connectivity index (χ2v) is 6.01. The van der Waals surface area contributed by atoms with Gasteiger partial charge in [-0.25, -0.2) is 4.98 Å². The Morgan fingerprint density at radius 2 is 1.68 bits per heavy atom. The van der Waals surface area contributed by atoms with Gasteiger partial charge in [0, 0.05) is 37.2 Å². The third kappa shape index (κ3) is 4.97. The molecule has 0 saturated heterocycles. The lowest BCUT2D eigenvalue weighted by molar-refractivity contribution is 0.0951. The zero-order valence-corrected chi connectivity index (χ0v) is 15.8. The van der Waals surface area contributed by atoms with Crippen LogP contribution in [0.25, 0.3) is 0 Å². The molecule has 1 amide bonds. The molecular formula is C21H22N4O3. The first-order valence-electron chi connectivity index (χ1n) is 8.77. The van der Waals surface area contributed by atoms with E-state index in [1.165, 1.54) is 0 Å². The fourth-order valence-corrected chi connectivity index (χ4v) is 2.64. The second kappa shape index (κ2) is 9.36. The van der Waals surface area contributed by atoms with Gasteiger partial charge in [-0.15, -0.1) is 0 Å². The van der Waals surface area contributed by atoms with Crippen LogP contribution in [-0.4, -0.2) is 30.1 Å². The second-order valence-electron chi connectivity index (χ2n) is 6.01. The number of rotatable bonds is 8. The van der Waals surface area contributed by atoms with Gasteiger partial charge in [-0.3, -0.25) is 9.78 Å². The fourth-order valence-electron chi connectivity index (χ4n) is 2.64. The molecule has 2 N–H and O–H groups in total. The Balaban J connectivity index is 1.60. The molecule has 0 unspecified atom stereocenters. The van der Waals surface area contributed by atoms with Crippen molar-refractivity contribution in [2.24, 2.45) is 0 Å². The summed E-state index contributed by atoms with van der Waals surface area (Å²) >= 11 is 0. The van der Waals surface area contributed by atoms with Crippen LogP contribution in [-0.2, 0) is 13.1 Å². The van der Waals surface area contributed by atoms with Gasteiger partial charge in [-0.05, 0) is 47.5 Å². The highest BCUT2D eigenvalue weighted by molar-refractivity contribution is 5.94. The van der Waals surface area contributed by atoms with E-state index in [0.717, 1.165) is 11.1 Å². The molecule has 0 aliphatic rings. The molecule has 0 saturated carbocycles. The monoisotopic (exact) mass is 378 g/mol. The fraction of sp³-hybridized carbons (Fsp3) is 0.190. The Morgan fingerprint density at radius 1 is 0.893 bits per heavy atom. The van der Waals surface area contributed by atoms with E-state index in [2.05, 4.69) is 20.6 Å². The summed E-state index contributed by atoms with van der Waals surface area (Å²) in [6.07, 6.45) is 5.09. The third-order valence-electron chi connectivity index (χ3n) is 4.15. The molecule has 0 atom stereocenters. The van der Waals surface area contributed by atoms with Crippen LogP contribution in [0.4, 0.5) is 5.82 Å². The average molecular weight is 378 g/mol. The number of nitrogens with one attached hydrogen (secondary N) is 2. The molecule has 2 heterocycles. The van der Waals surface area contributed by atoms with Gasteiger partial charge in [0.15, 0.2) is 11.5 Å². The maximum Gasteiger partial charge on any atom is 0.251 e. The maximum atomic E-state index is 12.5. The Bertz CT molecular complexity index is 932. The minimum absolute atomic E-state index is 0.177. The molecule has 0 bridgehead atoms. The number of carbonyl (C=O) groups excluding carboxylic acids is 1. The topological polar surface area (TPSA) is 85.4 Å². The van der Waals surface area contributed by atoms with Crippen molar-refractivity contribution in [2.45, 2.75) is 13.1 Å². The molecule has 0 radical (unpaired) electrons. The van der Waals surface area contributed by atoms with Gasteiger partial charge in [0.25, 0.3) is 5.91 Å². The van der Waals surface area contributed by atoms with Crippen molar-refractivity contribution in [3.63, 3.8) is 0 Å². The van der Waals surface area contributed by atoms with Gasteiger partial charge >= 0.3 is 0 Å². The summed E-state index contributed by atoms with van der Waals surface area (Å²) in [6, 6.07) is 12.8. The molecule has 0 spiro atoms. The lowest BCUT2D eigenvalue weighted by Crippen LogP contribution is -2.23. The molecule has 0 fully saturated rings. The molecule has 0 aliphatic carbocycles. The van der Waals surface area contributed by atoms with Crippen molar-refractivity contribution in [1.29, 1.82) is 0 Å². The largest absolute Gasteiger partial charge is 0.493 e. The van der Waals surface area contributed by atoms with Gasteiger partial charge in [0.2, 0.25) is 0 Å². The zero-order valence-electron chi connectivity index (χ0n) is 15.8. The number of methoxy groups -OCH3 is 2. The smallest absolute Gasteiger partial charge is 0.251 e. The molecule has 7 nitrogen and oxygen atoms in total. The van der Waals surface area contributed by atoms with Crippen molar-refractivity contribution in [3.8, 4) is 11.5 Å². The zero-order chi connectivity index (χ0) is 19.8. The van der Waals surface area contributed by atoms with E-state index in [-0.39, 0.29) is 5.91 Å². The van der Waals surface area contributed by atoms with Gasteiger partial charge in [0.05, 0.1) is 14.2 Å². The molecule has 3 rings (SSSR count). The number of hydrogen-bond acceptors (Lipinski definition) is 6. The van der Waals surface area contributed by atoms with Crippen molar-refractivity contribution >= 4 is 11.7 Å². The predicted octanol–water partition coefficient (Wildman–Crippen LogP) is 3.04. The Kier molecular flexibility index (Phi) is 6.41. The number of carbonyl (C=O) groups is 1. The van der Waals surface area contributed by atoms with Crippen LogP contribution in [0.15, 0.2) is 61.1 Å². The Morgan fingerprint density at radius 3 is 2.43 bits per heavy atom. The standard InChI is InChI=1S/C21H22N4O3/c1-27-18-4-3-16(11-19(18)28-2)14-25-21(26)17-7-10-23-20(12-17)24-13-15-5-8-22-9-6-15/h3-12H,13-14H2,1-2H3,(H,23,24)(H,25,26).